The van der Waals surface area contributed by atoms with Gasteiger partial charge in [-0.2, -0.15) is 0 Å². The first-order valence-electron chi connectivity index (χ1n) is 7.67. The van der Waals surface area contributed by atoms with E-state index in [1.54, 1.807) is 18.3 Å². The van der Waals surface area contributed by atoms with Crippen LogP contribution in [-0.2, 0) is 0 Å². The lowest BCUT2D eigenvalue weighted by Crippen LogP contribution is -2.14. The van der Waals surface area contributed by atoms with E-state index in [9.17, 15) is 4.79 Å². The smallest absolute Gasteiger partial charge is 0.280 e. The molecule has 0 saturated heterocycles. The second-order valence-electron chi connectivity index (χ2n) is 5.75. The van der Waals surface area contributed by atoms with E-state index in [1.165, 1.54) is 4.68 Å². The van der Waals surface area contributed by atoms with E-state index >= 15 is 0 Å². The molecule has 2 aromatic heterocycles. The van der Waals surface area contributed by atoms with Gasteiger partial charge in [-0.3, -0.25) is 14.9 Å². The fraction of sp³-hybridized carbons (Fsp3) is 0.0526. The summed E-state index contributed by atoms with van der Waals surface area (Å²) in [5.74, 6) is 0. The summed E-state index contributed by atoms with van der Waals surface area (Å²) in [6.45, 7) is 1.95. The molecule has 0 spiro atoms. The van der Waals surface area contributed by atoms with Crippen LogP contribution in [0.25, 0.3) is 27.7 Å². The Balaban J connectivity index is 2.02. The highest BCUT2D eigenvalue weighted by Gasteiger charge is 2.16. The molecule has 0 aliphatic heterocycles. The highest BCUT2D eigenvalue weighted by molar-refractivity contribution is 14.1. The van der Waals surface area contributed by atoms with Gasteiger partial charge < -0.3 is 0 Å². The second kappa shape index (κ2) is 6.31. The number of fused-ring (bicyclic) bond motifs is 1. The third-order valence-electron chi connectivity index (χ3n) is 4.12. The highest BCUT2D eigenvalue weighted by atomic mass is 127. The van der Waals surface area contributed by atoms with Crippen LogP contribution < -0.4 is 5.56 Å². The molecule has 124 valence electrons. The third kappa shape index (κ3) is 2.87. The van der Waals surface area contributed by atoms with Gasteiger partial charge in [-0.15, -0.1) is 0 Å². The van der Waals surface area contributed by atoms with Crippen molar-refractivity contribution >= 4 is 45.1 Å². The average molecular weight is 462 g/mol. The molecule has 0 radical (unpaired) electrons. The number of rotatable bonds is 2. The largest absolute Gasteiger partial charge is 0.290 e. The topological polar surface area (TPSA) is 50.7 Å². The molecule has 0 atom stereocenters. The first kappa shape index (κ1) is 16.4. The monoisotopic (exact) mass is 461 g/mol. The maximum Gasteiger partial charge on any atom is 0.280 e. The van der Waals surface area contributed by atoms with Crippen molar-refractivity contribution in [3.05, 3.63) is 79.4 Å². The average Bonchev–Trinajstić information content (AvgIpc) is 2.92. The van der Waals surface area contributed by atoms with E-state index in [-0.39, 0.29) is 5.56 Å². The van der Waals surface area contributed by atoms with Gasteiger partial charge in [0, 0.05) is 26.0 Å². The van der Waals surface area contributed by atoms with Gasteiger partial charge in [0.1, 0.15) is 0 Å². The van der Waals surface area contributed by atoms with Crippen LogP contribution in [0.1, 0.15) is 5.69 Å². The van der Waals surface area contributed by atoms with Crippen molar-refractivity contribution in [1.29, 1.82) is 0 Å². The minimum absolute atomic E-state index is 0.128. The Morgan fingerprint density at radius 1 is 1.16 bits per heavy atom. The van der Waals surface area contributed by atoms with Gasteiger partial charge >= 0.3 is 0 Å². The molecular weight excluding hydrogens is 449 g/mol. The first-order valence-corrected chi connectivity index (χ1v) is 9.12. The molecule has 0 saturated carbocycles. The number of hydrogen-bond donors (Lipinski definition) is 1. The third-order valence-corrected chi connectivity index (χ3v) is 5.05. The van der Waals surface area contributed by atoms with Crippen LogP contribution in [0.4, 0.5) is 0 Å². The summed E-state index contributed by atoms with van der Waals surface area (Å²) in [6, 6.07) is 15.3. The zero-order valence-corrected chi connectivity index (χ0v) is 16.2. The van der Waals surface area contributed by atoms with Crippen LogP contribution in [0.15, 0.2) is 59.5 Å². The second-order valence-corrected chi connectivity index (χ2v) is 7.43. The van der Waals surface area contributed by atoms with Crippen LogP contribution in [0.3, 0.4) is 0 Å². The SMILES string of the molecule is Cc1ncc2c(=O)n(-c3ccc(Cl)cc3)[nH]c2c1-c1cccc(I)c1. The molecule has 0 bridgehead atoms. The molecule has 0 fully saturated rings. The summed E-state index contributed by atoms with van der Waals surface area (Å²) in [7, 11) is 0. The van der Waals surface area contributed by atoms with Crippen molar-refractivity contribution in [1.82, 2.24) is 14.8 Å². The zero-order chi connectivity index (χ0) is 17.6. The predicted molar refractivity (Wildman–Crippen MR) is 110 cm³/mol. The van der Waals surface area contributed by atoms with Gasteiger partial charge in [0.15, 0.2) is 0 Å². The quantitative estimate of drug-likeness (QED) is 0.430. The molecule has 2 aromatic carbocycles. The van der Waals surface area contributed by atoms with Crippen molar-refractivity contribution in [3.8, 4) is 16.8 Å². The number of nitrogens with zero attached hydrogens (tertiary/aromatic N) is 2. The van der Waals surface area contributed by atoms with E-state index in [1.807, 2.05) is 37.3 Å². The van der Waals surface area contributed by atoms with E-state index in [4.69, 9.17) is 11.6 Å². The molecule has 1 N–H and O–H groups in total. The van der Waals surface area contributed by atoms with Crippen LogP contribution in [-0.4, -0.2) is 14.8 Å². The molecule has 0 aliphatic rings. The number of aromatic nitrogens is 3. The molecule has 4 aromatic rings. The maximum atomic E-state index is 12.8. The van der Waals surface area contributed by atoms with Crippen LogP contribution in [0, 0.1) is 10.5 Å². The molecule has 6 heteroatoms. The molecular formula is C19H13ClIN3O. The Morgan fingerprint density at radius 2 is 1.92 bits per heavy atom. The summed E-state index contributed by atoms with van der Waals surface area (Å²) in [5, 5.41) is 4.44. The Morgan fingerprint density at radius 3 is 2.64 bits per heavy atom. The van der Waals surface area contributed by atoms with Crippen LogP contribution in [0.5, 0.6) is 0 Å². The highest BCUT2D eigenvalue weighted by Crippen LogP contribution is 2.29. The van der Waals surface area contributed by atoms with E-state index in [0.29, 0.717) is 10.4 Å². The van der Waals surface area contributed by atoms with Crippen molar-refractivity contribution in [2.75, 3.05) is 0 Å². The Labute approximate surface area is 162 Å². The number of nitrogens with one attached hydrogen (secondary N) is 1. The minimum atomic E-state index is -0.128. The number of hydrogen-bond acceptors (Lipinski definition) is 2. The zero-order valence-electron chi connectivity index (χ0n) is 13.3. The molecule has 0 amide bonds. The molecule has 0 unspecified atom stereocenters. The van der Waals surface area contributed by atoms with Crippen LogP contribution in [0.2, 0.25) is 5.02 Å². The first-order chi connectivity index (χ1) is 12.0. The van der Waals surface area contributed by atoms with Gasteiger partial charge in [0.05, 0.1) is 16.6 Å². The summed E-state index contributed by atoms with van der Waals surface area (Å²) in [6.07, 6.45) is 1.63. The molecule has 25 heavy (non-hydrogen) atoms. The lowest BCUT2D eigenvalue weighted by molar-refractivity contribution is 0.864. The Bertz CT molecular complexity index is 1150. The fourth-order valence-electron chi connectivity index (χ4n) is 2.94. The van der Waals surface area contributed by atoms with E-state index in [2.05, 4.69) is 38.7 Å². The van der Waals surface area contributed by atoms with Gasteiger partial charge in [-0.1, -0.05) is 23.7 Å². The molecule has 2 heterocycles. The number of halogens is 2. The summed E-state index contributed by atoms with van der Waals surface area (Å²) in [4.78, 5) is 17.3. The lowest BCUT2D eigenvalue weighted by Gasteiger charge is -2.07. The molecule has 4 rings (SSSR count). The van der Waals surface area contributed by atoms with Gasteiger partial charge in [0.2, 0.25) is 0 Å². The number of benzene rings is 2. The van der Waals surface area contributed by atoms with Gasteiger partial charge in [0.25, 0.3) is 5.56 Å². The normalized spacial score (nSPS) is 11.2. The predicted octanol–water partition coefficient (Wildman–Crippen LogP) is 4.95. The minimum Gasteiger partial charge on any atom is -0.290 e. The van der Waals surface area contributed by atoms with Crippen molar-refractivity contribution in [2.24, 2.45) is 0 Å². The standard InChI is InChI=1S/C19H13ClIN3O/c1-11-17(12-3-2-4-14(21)9-12)18-16(10-22-11)19(25)24(23-18)15-7-5-13(20)6-8-15/h2-10,23H,1H3. The number of pyridine rings is 1. The van der Waals surface area contributed by atoms with E-state index < -0.39 is 0 Å². The lowest BCUT2D eigenvalue weighted by atomic mass is 10.0. The number of H-pyrrole nitrogens is 1. The fourth-order valence-corrected chi connectivity index (χ4v) is 3.61. The summed E-state index contributed by atoms with van der Waals surface area (Å²) >= 11 is 8.23. The Hall–Kier alpha value is -2.12. The maximum absolute atomic E-state index is 12.8. The number of aromatic amines is 1. The van der Waals surface area contributed by atoms with Crippen molar-refractivity contribution < 1.29 is 0 Å². The van der Waals surface area contributed by atoms with E-state index in [0.717, 1.165) is 31.6 Å². The Kier molecular flexibility index (Phi) is 4.13. The summed E-state index contributed by atoms with van der Waals surface area (Å²) in [5.41, 5.74) is 4.25. The van der Waals surface area contributed by atoms with Crippen molar-refractivity contribution in [3.63, 3.8) is 0 Å². The van der Waals surface area contributed by atoms with Gasteiger partial charge in [-0.25, -0.2) is 4.68 Å². The number of aryl methyl sites for hydroxylation is 1. The molecule has 0 aliphatic carbocycles. The van der Waals surface area contributed by atoms with Gasteiger partial charge in [-0.05, 0) is 71.5 Å². The van der Waals surface area contributed by atoms with Crippen LogP contribution >= 0.6 is 34.2 Å². The van der Waals surface area contributed by atoms with Crippen molar-refractivity contribution in [2.45, 2.75) is 6.92 Å². The summed E-state index contributed by atoms with van der Waals surface area (Å²) < 4.78 is 2.66. The molecule has 4 nitrogen and oxygen atoms in total.